The molecule has 1 saturated carbocycles. The van der Waals surface area contributed by atoms with Gasteiger partial charge in [-0.15, -0.1) is 0 Å². The molecule has 2 rings (SSSR count). The van der Waals surface area contributed by atoms with Crippen molar-refractivity contribution in [2.75, 3.05) is 18.5 Å². The molecular weight excluding hydrogens is 234 g/mol. The van der Waals surface area contributed by atoms with Crippen molar-refractivity contribution in [3.8, 4) is 0 Å². The zero-order chi connectivity index (χ0) is 12.4. The van der Waals surface area contributed by atoms with Crippen LogP contribution in [0.15, 0.2) is 18.2 Å². The van der Waals surface area contributed by atoms with Crippen LogP contribution in [0.2, 0.25) is 5.02 Å². The number of rotatable bonds is 4. The van der Waals surface area contributed by atoms with Crippen molar-refractivity contribution in [3.05, 3.63) is 28.8 Å². The van der Waals surface area contributed by atoms with E-state index in [1.807, 2.05) is 19.2 Å². The molecular formula is C13H18ClN3. The van der Waals surface area contributed by atoms with E-state index in [9.17, 15) is 0 Å². The molecule has 0 radical (unpaired) electrons. The standard InChI is InChI=1S/C13H18ClN3/c1-17(8-9-3-2-4-9)12-6-5-10(14)7-11(12)13(15)16/h5-7,9H,2-4,8H2,1H3,(H3,15,16). The van der Waals surface area contributed by atoms with Crippen LogP contribution in [-0.4, -0.2) is 19.4 Å². The minimum atomic E-state index is 0.0722. The normalized spacial score (nSPS) is 15.4. The van der Waals surface area contributed by atoms with Gasteiger partial charge < -0.3 is 10.6 Å². The fourth-order valence-corrected chi connectivity index (χ4v) is 2.39. The maximum atomic E-state index is 7.60. The third-order valence-corrected chi connectivity index (χ3v) is 3.65. The fourth-order valence-electron chi connectivity index (χ4n) is 2.22. The lowest BCUT2D eigenvalue weighted by atomic mass is 9.85. The van der Waals surface area contributed by atoms with Gasteiger partial charge in [-0.3, -0.25) is 5.41 Å². The number of anilines is 1. The van der Waals surface area contributed by atoms with E-state index in [-0.39, 0.29) is 5.84 Å². The average Bonchev–Trinajstić information content (AvgIpc) is 2.23. The lowest BCUT2D eigenvalue weighted by molar-refractivity contribution is 0.321. The minimum absolute atomic E-state index is 0.0722. The Kier molecular flexibility index (Phi) is 3.57. The van der Waals surface area contributed by atoms with E-state index in [2.05, 4.69) is 4.90 Å². The number of hydrogen-bond acceptors (Lipinski definition) is 2. The lowest BCUT2D eigenvalue weighted by Crippen LogP contribution is -2.31. The van der Waals surface area contributed by atoms with Gasteiger partial charge in [0.05, 0.1) is 0 Å². The quantitative estimate of drug-likeness (QED) is 0.639. The van der Waals surface area contributed by atoms with Crippen molar-refractivity contribution < 1.29 is 0 Å². The van der Waals surface area contributed by atoms with Gasteiger partial charge in [-0.05, 0) is 37.0 Å². The van der Waals surface area contributed by atoms with E-state index in [0.29, 0.717) is 5.02 Å². The Morgan fingerprint density at radius 1 is 1.53 bits per heavy atom. The number of halogens is 1. The van der Waals surface area contributed by atoms with Gasteiger partial charge in [0.15, 0.2) is 0 Å². The summed E-state index contributed by atoms with van der Waals surface area (Å²) in [7, 11) is 2.05. The number of nitrogens with one attached hydrogen (secondary N) is 1. The second-order valence-electron chi connectivity index (χ2n) is 4.75. The van der Waals surface area contributed by atoms with Gasteiger partial charge in [-0.1, -0.05) is 18.0 Å². The zero-order valence-corrected chi connectivity index (χ0v) is 10.8. The van der Waals surface area contributed by atoms with Crippen LogP contribution in [-0.2, 0) is 0 Å². The number of hydrogen-bond donors (Lipinski definition) is 2. The van der Waals surface area contributed by atoms with E-state index >= 15 is 0 Å². The molecule has 1 aromatic carbocycles. The molecule has 0 aromatic heterocycles. The van der Waals surface area contributed by atoms with Crippen molar-refractivity contribution in [1.29, 1.82) is 5.41 Å². The molecule has 0 saturated heterocycles. The van der Waals surface area contributed by atoms with Gasteiger partial charge in [0, 0.05) is 29.9 Å². The third kappa shape index (κ3) is 2.72. The van der Waals surface area contributed by atoms with E-state index in [0.717, 1.165) is 23.7 Å². The van der Waals surface area contributed by atoms with Crippen LogP contribution in [0, 0.1) is 11.3 Å². The third-order valence-electron chi connectivity index (χ3n) is 3.42. The molecule has 1 aliphatic rings. The van der Waals surface area contributed by atoms with Gasteiger partial charge >= 0.3 is 0 Å². The van der Waals surface area contributed by atoms with Crippen LogP contribution in [0.5, 0.6) is 0 Å². The Morgan fingerprint density at radius 2 is 2.24 bits per heavy atom. The van der Waals surface area contributed by atoms with Crippen molar-refractivity contribution in [1.82, 2.24) is 0 Å². The highest BCUT2D eigenvalue weighted by Gasteiger charge is 2.20. The largest absolute Gasteiger partial charge is 0.384 e. The van der Waals surface area contributed by atoms with Crippen LogP contribution in [0.1, 0.15) is 24.8 Å². The summed E-state index contributed by atoms with van der Waals surface area (Å²) in [6, 6.07) is 5.55. The zero-order valence-electron chi connectivity index (χ0n) is 10.0. The summed E-state index contributed by atoms with van der Waals surface area (Å²) < 4.78 is 0. The molecule has 1 aliphatic carbocycles. The molecule has 17 heavy (non-hydrogen) atoms. The maximum Gasteiger partial charge on any atom is 0.124 e. The van der Waals surface area contributed by atoms with Gasteiger partial charge in [0.1, 0.15) is 5.84 Å². The molecule has 0 heterocycles. The van der Waals surface area contributed by atoms with E-state index < -0.39 is 0 Å². The Balaban J connectivity index is 2.20. The van der Waals surface area contributed by atoms with Crippen molar-refractivity contribution >= 4 is 23.1 Å². The number of nitrogens with two attached hydrogens (primary N) is 1. The summed E-state index contributed by atoms with van der Waals surface area (Å²) >= 11 is 5.94. The first-order valence-corrected chi connectivity index (χ1v) is 6.31. The van der Waals surface area contributed by atoms with Crippen molar-refractivity contribution in [2.24, 2.45) is 11.7 Å². The first kappa shape index (κ1) is 12.2. The minimum Gasteiger partial charge on any atom is -0.384 e. The highest BCUT2D eigenvalue weighted by molar-refractivity contribution is 6.31. The van der Waals surface area contributed by atoms with Gasteiger partial charge in [-0.25, -0.2) is 0 Å². The molecule has 3 N–H and O–H groups in total. The molecule has 92 valence electrons. The molecule has 1 fully saturated rings. The maximum absolute atomic E-state index is 7.60. The number of nitrogens with zero attached hydrogens (tertiary/aromatic N) is 1. The molecule has 4 heteroatoms. The fraction of sp³-hybridized carbons (Fsp3) is 0.462. The lowest BCUT2D eigenvalue weighted by Gasteiger charge is -2.32. The molecule has 0 aliphatic heterocycles. The molecule has 0 unspecified atom stereocenters. The summed E-state index contributed by atoms with van der Waals surface area (Å²) in [5, 5.41) is 8.22. The summed E-state index contributed by atoms with van der Waals surface area (Å²) in [5.41, 5.74) is 7.31. The molecule has 1 aromatic rings. The predicted octanol–water partition coefficient (Wildman–Crippen LogP) is 2.86. The topological polar surface area (TPSA) is 53.1 Å². The second-order valence-corrected chi connectivity index (χ2v) is 5.19. The summed E-state index contributed by atoms with van der Waals surface area (Å²) in [5.74, 6) is 0.860. The number of amidine groups is 1. The summed E-state index contributed by atoms with van der Waals surface area (Å²) in [4.78, 5) is 2.18. The molecule has 0 spiro atoms. The van der Waals surface area contributed by atoms with E-state index in [1.165, 1.54) is 19.3 Å². The monoisotopic (exact) mass is 251 g/mol. The highest BCUT2D eigenvalue weighted by Crippen LogP contribution is 2.30. The average molecular weight is 252 g/mol. The van der Waals surface area contributed by atoms with E-state index in [1.54, 1.807) is 6.07 Å². The Labute approximate surface area is 107 Å². The van der Waals surface area contributed by atoms with Crippen LogP contribution < -0.4 is 10.6 Å². The first-order chi connectivity index (χ1) is 8.08. The SMILES string of the molecule is CN(CC1CCC1)c1ccc(Cl)cc1C(=N)N. The van der Waals surface area contributed by atoms with Gasteiger partial charge in [0.25, 0.3) is 0 Å². The van der Waals surface area contributed by atoms with Crippen LogP contribution in [0.4, 0.5) is 5.69 Å². The number of benzene rings is 1. The van der Waals surface area contributed by atoms with Gasteiger partial charge in [0.2, 0.25) is 0 Å². The van der Waals surface area contributed by atoms with E-state index in [4.69, 9.17) is 22.7 Å². The van der Waals surface area contributed by atoms with Crippen LogP contribution in [0.25, 0.3) is 0 Å². The smallest absolute Gasteiger partial charge is 0.124 e. The van der Waals surface area contributed by atoms with Crippen LogP contribution in [0.3, 0.4) is 0 Å². The van der Waals surface area contributed by atoms with Crippen LogP contribution >= 0.6 is 11.6 Å². The van der Waals surface area contributed by atoms with Gasteiger partial charge in [-0.2, -0.15) is 0 Å². The Hall–Kier alpha value is -1.22. The highest BCUT2D eigenvalue weighted by atomic mass is 35.5. The Bertz CT molecular complexity index is 427. The number of nitrogen functional groups attached to an aromatic ring is 1. The summed E-state index contributed by atoms with van der Waals surface area (Å²) in [6.07, 6.45) is 3.97. The molecule has 0 amide bonds. The van der Waals surface area contributed by atoms with Crippen molar-refractivity contribution in [2.45, 2.75) is 19.3 Å². The first-order valence-electron chi connectivity index (χ1n) is 5.93. The molecule has 3 nitrogen and oxygen atoms in total. The molecule has 0 atom stereocenters. The van der Waals surface area contributed by atoms with Crippen molar-refractivity contribution in [3.63, 3.8) is 0 Å². The summed E-state index contributed by atoms with van der Waals surface area (Å²) in [6.45, 7) is 1.03. The predicted molar refractivity (Wildman–Crippen MR) is 73.1 cm³/mol. The Morgan fingerprint density at radius 3 is 2.76 bits per heavy atom. The molecule has 0 bridgehead atoms. The second kappa shape index (κ2) is 4.96.